The van der Waals surface area contributed by atoms with Crippen molar-refractivity contribution in [3.63, 3.8) is 0 Å². The molecule has 0 aromatic carbocycles. The summed E-state index contributed by atoms with van der Waals surface area (Å²) in [6.07, 6.45) is 6.50. The molecule has 0 fully saturated rings. The number of unbranched alkanes of at least 4 members (excludes halogenated alkanes) is 3. The fraction of sp³-hybridized carbons (Fsp3) is 0.667. The number of hydrogen-bond donors (Lipinski definition) is 2. The quantitative estimate of drug-likeness (QED) is 0.705. The lowest BCUT2D eigenvalue weighted by atomic mass is 10.1. The number of nitriles is 1. The van der Waals surface area contributed by atoms with Gasteiger partial charge in [-0.05, 0) is 6.42 Å². The Morgan fingerprint density at radius 3 is 2.88 bits per heavy atom. The fourth-order valence-electron chi connectivity index (χ4n) is 1.73. The molecule has 1 aromatic heterocycles. The van der Waals surface area contributed by atoms with Crippen LogP contribution in [0.5, 0.6) is 0 Å². The maximum absolute atomic E-state index is 9.79. The van der Waals surface area contributed by atoms with E-state index >= 15 is 0 Å². The molecule has 1 aromatic rings. The molecule has 0 aliphatic heterocycles. The molecule has 1 atom stereocenters. The minimum Gasteiger partial charge on any atom is -0.391 e. The molecule has 0 aliphatic rings. The molecule has 5 nitrogen and oxygen atoms in total. The van der Waals surface area contributed by atoms with E-state index in [0.717, 1.165) is 19.3 Å². The van der Waals surface area contributed by atoms with Crippen molar-refractivity contribution in [2.24, 2.45) is 0 Å². The molecule has 5 heteroatoms. The molecule has 0 bridgehead atoms. The number of nitrogen functional groups attached to an aromatic ring is 1. The zero-order valence-corrected chi connectivity index (χ0v) is 10.3. The lowest BCUT2D eigenvalue weighted by Crippen LogP contribution is -2.16. The van der Waals surface area contributed by atoms with Crippen LogP contribution in [0.1, 0.15) is 44.6 Å². The number of nitrogens with zero attached hydrogens (tertiary/aromatic N) is 3. The summed E-state index contributed by atoms with van der Waals surface area (Å²) in [6.45, 7) is 2.56. The van der Waals surface area contributed by atoms with Gasteiger partial charge in [0.05, 0.1) is 12.6 Å². The molecular formula is C12H20N4O. The third-order valence-electron chi connectivity index (χ3n) is 2.70. The van der Waals surface area contributed by atoms with Gasteiger partial charge in [0.1, 0.15) is 11.6 Å². The standard InChI is InChI=1S/C12H20N4O/c1-2-3-4-5-6-11(17)9-16-8-10(7-13)12(14)15-16/h8,11,17H,2-6,9H2,1H3,(H2,14,15). The summed E-state index contributed by atoms with van der Waals surface area (Å²) in [5.74, 6) is 0.227. The van der Waals surface area contributed by atoms with Gasteiger partial charge in [-0.1, -0.05) is 32.6 Å². The Morgan fingerprint density at radius 2 is 2.29 bits per heavy atom. The van der Waals surface area contributed by atoms with Gasteiger partial charge < -0.3 is 10.8 Å². The first-order valence-electron chi connectivity index (χ1n) is 6.08. The van der Waals surface area contributed by atoms with Crippen molar-refractivity contribution >= 4 is 5.82 Å². The highest BCUT2D eigenvalue weighted by molar-refractivity contribution is 5.46. The highest BCUT2D eigenvalue weighted by Crippen LogP contribution is 2.10. The molecular weight excluding hydrogens is 216 g/mol. The van der Waals surface area contributed by atoms with Gasteiger partial charge in [0.15, 0.2) is 5.82 Å². The second-order valence-corrected chi connectivity index (χ2v) is 4.27. The van der Waals surface area contributed by atoms with Crippen LogP contribution in [0.3, 0.4) is 0 Å². The SMILES string of the molecule is CCCCCCC(O)Cn1cc(C#N)c(N)n1. The van der Waals surface area contributed by atoms with Gasteiger partial charge in [-0.3, -0.25) is 4.68 Å². The molecule has 3 N–H and O–H groups in total. The van der Waals surface area contributed by atoms with E-state index < -0.39 is 6.10 Å². The Hall–Kier alpha value is -1.54. The predicted molar refractivity (Wildman–Crippen MR) is 66.1 cm³/mol. The van der Waals surface area contributed by atoms with E-state index in [1.165, 1.54) is 12.8 Å². The summed E-state index contributed by atoms with van der Waals surface area (Å²) in [5.41, 5.74) is 5.90. The van der Waals surface area contributed by atoms with E-state index in [1.54, 1.807) is 10.9 Å². The van der Waals surface area contributed by atoms with Crippen molar-refractivity contribution in [3.8, 4) is 6.07 Å². The Kier molecular flexibility index (Phi) is 5.50. The first-order chi connectivity index (χ1) is 8.17. The highest BCUT2D eigenvalue weighted by atomic mass is 16.3. The molecule has 0 spiro atoms. The molecule has 17 heavy (non-hydrogen) atoms. The van der Waals surface area contributed by atoms with Crippen molar-refractivity contribution in [3.05, 3.63) is 11.8 Å². The van der Waals surface area contributed by atoms with Gasteiger partial charge in [0, 0.05) is 6.20 Å². The summed E-state index contributed by atoms with van der Waals surface area (Å²) in [5, 5.41) is 22.5. The zero-order chi connectivity index (χ0) is 12.7. The van der Waals surface area contributed by atoms with Crippen molar-refractivity contribution in [1.29, 1.82) is 5.26 Å². The van der Waals surface area contributed by atoms with Crippen LogP contribution in [0, 0.1) is 11.3 Å². The smallest absolute Gasteiger partial charge is 0.163 e. The lowest BCUT2D eigenvalue weighted by Gasteiger charge is -2.09. The molecule has 0 aliphatic carbocycles. The summed E-state index contributed by atoms with van der Waals surface area (Å²) in [4.78, 5) is 0. The van der Waals surface area contributed by atoms with Gasteiger partial charge in [-0.15, -0.1) is 0 Å². The summed E-state index contributed by atoms with van der Waals surface area (Å²) < 4.78 is 1.54. The van der Waals surface area contributed by atoms with Gasteiger partial charge in [0.25, 0.3) is 0 Å². The van der Waals surface area contributed by atoms with Crippen LogP contribution in [0.4, 0.5) is 5.82 Å². The molecule has 0 radical (unpaired) electrons. The second kappa shape index (κ2) is 6.92. The highest BCUT2D eigenvalue weighted by Gasteiger charge is 2.09. The van der Waals surface area contributed by atoms with E-state index in [-0.39, 0.29) is 5.82 Å². The monoisotopic (exact) mass is 236 g/mol. The number of aliphatic hydroxyl groups excluding tert-OH is 1. The molecule has 1 heterocycles. The fourth-order valence-corrected chi connectivity index (χ4v) is 1.73. The summed E-state index contributed by atoms with van der Waals surface area (Å²) >= 11 is 0. The third kappa shape index (κ3) is 4.45. The topological polar surface area (TPSA) is 87.9 Å². The number of nitrogens with two attached hydrogens (primary N) is 1. The van der Waals surface area contributed by atoms with E-state index in [0.29, 0.717) is 12.1 Å². The van der Waals surface area contributed by atoms with Crippen LogP contribution in [0.25, 0.3) is 0 Å². The van der Waals surface area contributed by atoms with Crippen LogP contribution >= 0.6 is 0 Å². The largest absolute Gasteiger partial charge is 0.391 e. The second-order valence-electron chi connectivity index (χ2n) is 4.27. The van der Waals surface area contributed by atoms with Crippen LogP contribution in [0.2, 0.25) is 0 Å². The van der Waals surface area contributed by atoms with Crippen molar-refractivity contribution in [1.82, 2.24) is 9.78 Å². The first kappa shape index (κ1) is 13.5. The molecule has 0 saturated carbocycles. The van der Waals surface area contributed by atoms with E-state index in [4.69, 9.17) is 11.0 Å². The molecule has 0 saturated heterocycles. The normalized spacial score (nSPS) is 12.3. The minimum absolute atomic E-state index is 0.227. The third-order valence-corrected chi connectivity index (χ3v) is 2.70. The van der Waals surface area contributed by atoms with Gasteiger partial charge in [-0.2, -0.15) is 10.4 Å². The minimum atomic E-state index is -0.419. The number of anilines is 1. The maximum atomic E-state index is 9.79. The number of hydrogen-bond acceptors (Lipinski definition) is 4. The Labute approximate surface area is 102 Å². The van der Waals surface area contributed by atoms with Gasteiger partial charge in [0.2, 0.25) is 0 Å². The molecule has 94 valence electrons. The lowest BCUT2D eigenvalue weighted by molar-refractivity contribution is 0.136. The van der Waals surface area contributed by atoms with Crippen LogP contribution < -0.4 is 5.73 Å². The van der Waals surface area contributed by atoms with E-state index in [9.17, 15) is 5.11 Å². The van der Waals surface area contributed by atoms with E-state index in [2.05, 4.69) is 12.0 Å². The number of rotatable bonds is 7. The Balaban J connectivity index is 2.35. The molecule has 1 rings (SSSR count). The van der Waals surface area contributed by atoms with Crippen LogP contribution in [0.15, 0.2) is 6.20 Å². The average Bonchev–Trinajstić information content (AvgIpc) is 2.65. The van der Waals surface area contributed by atoms with Crippen molar-refractivity contribution in [2.45, 2.75) is 51.7 Å². The van der Waals surface area contributed by atoms with Crippen LogP contribution in [-0.2, 0) is 6.54 Å². The number of aliphatic hydroxyl groups is 1. The zero-order valence-electron chi connectivity index (χ0n) is 10.3. The Morgan fingerprint density at radius 1 is 1.53 bits per heavy atom. The predicted octanol–water partition coefficient (Wildman–Crippen LogP) is 1.67. The average molecular weight is 236 g/mol. The Bertz CT molecular complexity index is 380. The summed E-state index contributed by atoms with van der Waals surface area (Å²) in [7, 11) is 0. The molecule has 1 unspecified atom stereocenters. The van der Waals surface area contributed by atoms with E-state index in [1.807, 2.05) is 6.07 Å². The first-order valence-corrected chi connectivity index (χ1v) is 6.08. The van der Waals surface area contributed by atoms with Crippen LogP contribution in [-0.4, -0.2) is 21.0 Å². The van der Waals surface area contributed by atoms with Gasteiger partial charge in [-0.25, -0.2) is 0 Å². The van der Waals surface area contributed by atoms with Gasteiger partial charge >= 0.3 is 0 Å². The van der Waals surface area contributed by atoms with Crippen molar-refractivity contribution in [2.75, 3.05) is 5.73 Å². The molecule has 0 amide bonds. The summed E-state index contributed by atoms with van der Waals surface area (Å²) in [6, 6.07) is 1.96. The maximum Gasteiger partial charge on any atom is 0.163 e. The number of aromatic nitrogens is 2. The van der Waals surface area contributed by atoms with Crippen molar-refractivity contribution < 1.29 is 5.11 Å².